The van der Waals surface area contributed by atoms with Crippen LogP contribution < -0.4 is 5.32 Å². The van der Waals surface area contributed by atoms with Crippen LogP contribution in [0.25, 0.3) is 11.4 Å². The van der Waals surface area contributed by atoms with E-state index < -0.39 is 17.5 Å². The molecule has 0 saturated carbocycles. The van der Waals surface area contributed by atoms with Crippen molar-refractivity contribution in [1.29, 1.82) is 0 Å². The standard InChI is InChI=1S/C17H12ClF2N3O2/c18-12-4-2-1-3-11(12)17-22-16(25-23-17)8-7-15(24)21-14-6-5-10(19)9-13(14)20/h1-6,9H,7-8H2,(H,21,24). The molecule has 128 valence electrons. The summed E-state index contributed by atoms with van der Waals surface area (Å²) >= 11 is 6.06. The van der Waals surface area contributed by atoms with E-state index in [0.29, 0.717) is 22.5 Å². The maximum Gasteiger partial charge on any atom is 0.227 e. The van der Waals surface area contributed by atoms with Gasteiger partial charge in [0.25, 0.3) is 0 Å². The maximum atomic E-state index is 13.5. The topological polar surface area (TPSA) is 68.0 Å². The van der Waals surface area contributed by atoms with Crippen LogP contribution in [0.2, 0.25) is 5.02 Å². The van der Waals surface area contributed by atoms with Gasteiger partial charge in [-0.2, -0.15) is 4.98 Å². The molecule has 0 aliphatic rings. The minimum atomic E-state index is -0.841. The molecule has 3 aromatic rings. The number of amides is 1. The van der Waals surface area contributed by atoms with E-state index in [1.54, 1.807) is 24.3 Å². The van der Waals surface area contributed by atoms with Gasteiger partial charge < -0.3 is 9.84 Å². The molecule has 0 unspecified atom stereocenters. The number of aryl methyl sites for hydroxylation is 1. The minimum absolute atomic E-state index is 0.000964. The lowest BCUT2D eigenvalue weighted by Gasteiger charge is -2.05. The predicted octanol–water partition coefficient (Wildman–Crippen LogP) is 4.24. The second-order valence-electron chi connectivity index (χ2n) is 5.16. The van der Waals surface area contributed by atoms with Gasteiger partial charge in [0.1, 0.15) is 11.6 Å². The lowest BCUT2D eigenvalue weighted by Crippen LogP contribution is -2.13. The third-order valence-electron chi connectivity index (χ3n) is 3.35. The van der Waals surface area contributed by atoms with Gasteiger partial charge in [-0.1, -0.05) is 28.9 Å². The number of nitrogens with one attached hydrogen (secondary N) is 1. The lowest BCUT2D eigenvalue weighted by molar-refractivity contribution is -0.116. The Labute approximate surface area is 146 Å². The molecule has 0 saturated heterocycles. The lowest BCUT2D eigenvalue weighted by atomic mass is 10.2. The quantitative estimate of drug-likeness (QED) is 0.736. The highest BCUT2D eigenvalue weighted by Crippen LogP contribution is 2.25. The number of halogens is 3. The van der Waals surface area contributed by atoms with Gasteiger partial charge in [0.05, 0.1) is 10.7 Å². The fraction of sp³-hybridized carbons (Fsp3) is 0.118. The van der Waals surface area contributed by atoms with E-state index in [1.807, 2.05) is 0 Å². The normalized spacial score (nSPS) is 10.7. The van der Waals surface area contributed by atoms with Crippen LogP contribution in [0.4, 0.5) is 14.5 Å². The number of rotatable bonds is 5. The maximum absolute atomic E-state index is 13.5. The molecule has 1 amide bonds. The van der Waals surface area contributed by atoms with Gasteiger partial charge >= 0.3 is 0 Å². The number of aromatic nitrogens is 2. The Morgan fingerprint density at radius 3 is 2.76 bits per heavy atom. The fourth-order valence-electron chi connectivity index (χ4n) is 2.13. The molecular weight excluding hydrogens is 352 g/mol. The van der Waals surface area contributed by atoms with Crippen molar-refractivity contribution in [3.63, 3.8) is 0 Å². The average molecular weight is 364 g/mol. The van der Waals surface area contributed by atoms with Crippen molar-refractivity contribution in [2.75, 3.05) is 5.32 Å². The first-order valence-corrected chi connectivity index (χ1v) is 7.73. The summed E-state index contributed by atoms with van der Waals surface area (Å²) in [6.45, 7) is 0. The number of anilines is 1. The zero-order chi connectivity index (χ0) is 17.8. The zero-order valence-electron chi connectivity index (χ0n) is 12.8. The fourth-order valence-corrected chi connectivity index (χ4v) is 2.35. The molecule has 1 heterocycles. The molecule has 0 radical (unpaired) electrons. The highest BCUT2D eigenvalue weighted by Gasteiger charge is 2.13. The Morgan fingerprint density at radius 2 is 2.00 bits per heavy atom. The summed E-state index contributed by atoms with van der Waals surface area (Å²) in [5.41, 5.74) is 0.533. The smallest absolute Gasteiger partial charge is 0.227 e. The van der Waals surface area contributed by atoms with Crippen LogP contribution in [0.1, 0.15) is 12.3 Å². The summed E-state index contributed by atoms with van der Waals surface area (Å²) in [4.78, 5) is 16.1. The van der Waals surface area contributed by atoms with Crippen LogP contribution in [-0.2, 0) is 11.2 Å². The number of nitrogens with zero attached hydrogens (tertiary/aromatic N) is 2. The highest BCUT2D eigenvalue weighted by atomic mass is 35.5. The zero-order valence-corrected chi connectivity index (χ0v) is 13.6. The Kier molecular flexibility index (Phi) is 5.04. The number of benzene rings is 2. The van der Waals surface area contributed by atoms with Crippen molar-refractivity contribution in [3.8, 4) is 11.4 Å². The Bertz CT molecular complexity index is 914. The monoisotopic (exact) mass is 363 g/mol. The third kappa shape index (κ3) is 4.19. The summed E-state index contributed by atoms with van der Waals surface area (Å²) < 4.78 is 31.4. The van der Waals surface area contributed by atoms with E-state index in [1.165, 1.54) is 0 Å². The number of hydrogen-bond acceptors (Lipinski definition) is 4. The van der Waals surface area contributed by atoms with Crippen molar-refractivity contribution in [2.24, 2.45) is 0 Å². The number of carbonyl (C=O) groups excluding carboxylic acids is 1. The van der Waals surface area contributed by atoms with E-state index in [9.17, 15) is 13.6 Å². The number of hydrogen-bond donors (Lipinski definition) is 1. The average Bonchev–Trinajstić information content (AvgIpc) is 3.05. The first-order valence-electron chi connectivity index (χ1n) is 7.35. The van der Waals surface area contributed by atoms with Crippen molar-refractivity contribution in [1.82, 2.24) is 10.1 Å². The van der Waals surface area contributed by atoms with Crippen molar-refractivity contribution in [2.45, 2.75) is 12.8 Å². The molecule has 8 heteroatoms. The second kappa shape index (κ2) is 7.40. The van der Waals surface area contributed by atoms with E-state index in [2.05, 4.69) is 15.5 Å². The van der Waals surface area contributed by atoms with Crippen molar-refractivity contribution in [3.05, 3.63) is 65.0 Å². The van der Waals surface area contributed by atoms with Crippen LogP contribution in [0.5, 0.6) is 0 Å². The SMILES string of the molecule is O=C(CCc1nc(-c2ccccc2Cl)no1)Nc1ccc(F)cc1F. The summed E-state index contributed by atoms with van der Waals surface area (Å²) in [6, 6.07) is 9.95. The summed E-state index contributed by atoms with van der Waals surface area (Å²) in [6.07, 6.45) is 0.174. The van der Waals surface area contributed by atoms with Crippen LogP contribution in [0.15, 0.2) is 47.0 Å². The van der Waals surface area contributed by atoms with Gasteiger partial charge in [0, 0.05) is 24.5 Å². The third-order valence-corrected chi connectivity index (χ3v) is 3.68. The van der Waals surface area contributed by atoms with Gasteiger partial charge in [0.15, 0.2) is 0 Å². The van der Waals surface area contributed by atoms with Crippen LogP contribution in [-0.4, -0.2) is 16.0 Å². The van der Waals surface area contributed by atoms with E-state index in [-0.39, 0.29) is 24.4 Å². The molecule has 0 spiro atoms. The van der Waals surface area contributed by atoms with Gasteiger partial charge in [-0.3, -0.25) is 4.79 Å². The van der Waals surface area contributed by atoms with Crippen LogP contribution in [0, 0.1) is 11.6 Å². The molecule has 0 aliphatic heterocycles. The Hall–Kier alpha value is -2.80. The van der Waals surface area contributed by atoms with Gasteiger partial charge in [0.2, 0.25) is 17.6 Å². The number of carbonyl (C=O) groups is 1. The summed E-state index contributed by atoms with van der Waals surface area (Å²) in [5.74, 6) is -1.43. The van der Waals surface area contributed by atoms with Crippen LogP contribution >= 0.6 is 11.6 Å². The Balaban J connectivity index is 1.60. The van der Waals surface area contributed by atoms with E-state index in [4.69, 9.17) is 16.1 Å². The van der Waals surface area contributed by atoms with Gasteiger partial charge in [-0.15, -0.1) is 0 Å². The van der Waals surface area contributed by atoms with Gasteiger partial charge in [-0.05, 0) is 24.3 Å². The van der Waals surface area contributed by atoms with E-state index >= 15 is 0 Å². The molecular formula is C17H12ClF2N3O2. The Morgan fingerprint density at radius 1 is 1.20 bits per heavy atom. The summed E-state index contributed by atoms with van der Waals surface area (Å²) in [7, 11) is 0. The minimum Gasteiger partial charge on any atom is -0.339 e. The molecule has 2 aromatic carbocycles. The molecule has 0 atom stereocenters. The van der Waals surface area contributed by atoms with Crippen molar-refractivity contribution >= 4 is 23.2 Å². The molecule has 1 aromatic heterocycles. The molecule has 3 rings (SSSR count). The van der Waals surface area contributed by atoms with Gasteiger partial charge in [-0.25, -0.2) is 8.78 Å². The molecule has 0 fully saturated rings. The predicted molar refractivity (Wildman–Crippen MR) is 88.1 cm³/mol. The van der Waals surface area contributed by atoms with E-state index in [0.717, 1.165) is 12.1 Å². The first-order chi connectivity index (χ1) is 12.0. The molecule has 0 aliphatic carbocycles. The molecule has 1 N–H and O–H groups in total. The molecule has 5 nitrogen and oxygen atoms in total. The molecule has 0 bridgehead atoms. The van der Waals surface area contributed by atoms with Crippen molar-refractivity contribution < 1.29 is 18.1 Å². The largest absolute Gasteiger partial charge is 0.339 e. The second-order valence-corrected chi connectivity index (χ2v) is 5.57. The molecule has 25 heavy (non-hydrogen) atoms. The van der Waals surface area contributed by atoms with Crippen LogP contribution in [0.3, 0.4) is 0 Å². The summed E-state index contributed by atoms with van der Waals surface area (Å²) in [5, 5.41) is 6.68. The highest BCUT2D eigenvalue weighted by molar-refractivity contribution is 6.33. The first kappa shape index (κ1) is 17.0.